The van der Waals surface area contributed by atoms with Crippen molar-refractivity contribution >= 4 is 5.97 Å². The molecule has 5 nitrogen and oxygen atoms in total. The first-order valence-corrected chi connectivity index (χ1v) is 6.71. The zero-order valence-corrected chi connectivity index (χ0v) is 11.2. The van der Waals surface area contributed by atoms with Crippen molar-refractivity contribution < 1.29 is 19.0 Å². The predicted octanol–water partition coefficient (Wildman–Crippen LogP) is 0.866. The van der Waals surface area contributed by atoms with E-state index in [2.05, 4.69) is 5.32 Å². The van der Waals surface area contributed by atoms with E-state index in [1.807, 2.05) is 0 Å². The van der Waals surface area contributed by atoms with Crippen molar-refractivity contribution in [2.75, 3.05) is 27.4 Å². The molecule has 104 valence electrons. The maximum absolute atomic E-state index is 11.8. The summed E-state index contributed by atoms with van der Waals surface area (Å²) >= 11 is 0. The third-order valence-electron chi connectivity index (χ3n) is 4.07. The van der Waals surface area contributed by atoms with Crippen molar-refractivity contribution in [2.45, 2.75) is 49.9 Å². The van der Waals surface area contributed by atoms with E-state index in [1.165, 1.54) is 7.11 Å². The quantitative estimate of drug-likeness (QED) is 0.740. The Morgan fingerprint density at radius 3 is 2.94 bits per heavy atom. The number of hydrogen-bond donors (Lipinski definition) is 1. The largest absolute Gasteiger partial charge is 0.468 e. The molecule has 1 saturated heterocycles. The predicted molar refractivity (Wildman–Crippen MR) is 66.4 cm³/mol. The summed E-state index contributed by atoms with van der Waals surface area (Å²) < 4.78 is 16.3. The second-order valence-electron chi connectivity index (χ2n) is 5.16. The van der Waals surface area contributed by atoms with Gasteiger partial charge in [-0.15, -0.1) is 0 Å². The Kier molecular flexibility index (Phi) is 4.59. The van der Waals surface area contributed by atoms with Crippen LogP contribution in [0, 0.1) is 0 Å². The first-order chi connectivity index (χ1) is 8.70. The van der Waals surface area contributed by atoms with E-state index in [-0.39, 0.29) is 18.2 Å². The van der Waals surface area contributed by atoms with Gasteiger partial charge in [0, 0.05) is 13.0 Å². The Labute approximate surface area is 108 Å². The van der Waals surface area contributed by atoms with E-state index < -0.39 is 5.54 Å². The summed E-state index contributed by atoms with van der Waals surface area (Å²) in [5.74, 6) is -0.187. The Morgan fingerprint density at radius 2 is 2.33 bits per heavy atom. The van der Waals surface area contributed by atoms with Gasteiger partial charge in [0.2, 0.25) is 0 Å². The van der Waals surface area contributed by atoms with Gasteiger partial charge in [-0.3, -0.25) is 4.79 Å². The molecule has 0 amide bonds. The molecule has 2 rings (SSSR count). The number of hydrogen-bond acceptors (Lipinski definition) is 5. The van der Waals surface area contributed by atoms with Crippen LogP contribution in [-0.4, -0.2) is 51.1 Å². The maximum Gasteiger partial charge on any atom is 0.326 e. The highest BCUT2D eigenvalue weighted by Gasteiger charge is 2.45. The zero-order valence-electron chi connectivity index (χ0n) is 11.2. The number of ether oxygens (including phenoxy) is 3. The lowest BCUT2D eigenvalue weighted by Gasteiger charge is -2.25. The fourth-order valence-corrected chi connectivity index (χ4v) is 2.87. The standard InChI is InChI=1S/C13H23NO4/c1-14-13(12(15)16-2)6-5-10(8-13)18-9-11-4-3-7-17-11/h10-11,14H,3-9H2,1-2H3. The molecule has 1 N–H and O–H groups in total. The highest BCUT2D eigenvalue weighted by atomic mass is 16.5. The van der Waals surface area contributed by atoms with Crippen LogP contribution in [0.4, 0.5) is 0 Å². The van der Waals surface area contributed by atoms with Gasteiger partial charge in [0.1, 0.15) is 5.54 Å². The average molecular weight is 257 g/mol. The molecular formula is C13H23NO4. The smallest absolute Gasteiger partial charge is 0.326 e. The van der Waals surface area contributed by atoms with Crippen LogP contribution >= 0.6 is 0 Å². The third-order valence-corrected chi connectivity index (χ3v) is 4.07. The Morgan fingerprint density at radius 1 is 1.50 bits per heavy atom. The highest BCUT2D eigenvalue weighted by Crippen LogP contribution is 2.33. The van der Waals surface area contributed by atoms with Crippen molar-refractivity contribution in [3.8, 4) is 0 Å². The van der Waals surface area contributed by atoms with Crippen molar-refractivity contribution in [2.24, 2.45) is 0 Å². The number of methoxy groups -OCH3 is 1. The summed E-state index contributed by atoms with van der Waals surface area (Å²) in [5.41, 5.74) is -0.560. The summed E-state index contributed by atoms with van der Waals surface area (Å²) in [4.78, 5) is 11.8. The van der Waals surface area contributed by atoms with E-state index in [9.17, 15) is 4.79 Å². The van der Waals surface area contributed by atoms with Crippen LogP contribution in [0.2, 0.25) is 0 Å². The molecule has 1 aliphatic heterocycles. The summed E-state index contributed by atoms with van der Waals surface area (Å²) in [6.45, 7) is 1.49. The van der Waals surface area contributed by atoms with E-state index in [4.69, 9.17) is 14.2 Å². The van der Waals surface area contributed by atoms with Crippen LogP contribution in [0.1, 0.15) is 32.1 Å². The lowest BCUT2D eigenvalue weighted by Crippen LogP contribution is -2.49. The summed E-state index contributed by atoms with van der Waals surface area (Å²) in [5, 5.41) is 3.10. The molecule has 0 bridgehead atoms. The van der Waals surface area contributed by atoms with Crippen molar-refractivity contribution in [1.29, 1.82) is 0 Å². The van der Waals surface area contributed by atoms with Gasteiger partial charge < -0.3 is 19.5 Å². The Balaban J connectivity index is 1.80. The third kappa shape index (κ3) is 2.84. The number of carbonyl (C=O) groups excluding carboxylic acids is 1. The van der Waals surface area contributed by atoms with Crippen LogP contribution in [0.3, 0.4) is 0 Å². The van der Waals surface area contributed by atoms with Crippen LogP contribution in [0.15, 0.2) is 0 Å². The van der Waals surface area contributed by atoms with E-state index >= 15 is 0 Å². The van der Waals surface area contributed by atoms with Crippen molar-refractivity contribution in [3.63, 3.8) is 0 Å². The second kappa shape index (κ2) is 5.99. The lowest BCUT2D eigenvalue weighted by atomic mass is 9.98. The van der Waals surface area contributed by atoms with Gasteiger partial charge in [0.25, 0.3) is 0 Å². The molecular weight excluding hydrogens is 234 g/mol. The summed E-state index contributed by atoms with van der Waals surface area (Å²) in [7, 11) is 3.24. The summed E-state index contributed by atoms with van der Waals surface area (Å²) in [6, 6.07) is 0. The first kappa shape index (κ1) is 13.8. The molecule has 5 heteroatoms. The maximum atomic E-state index is 11.8. The van der Waals surface area contributed by atoms with Crippen LogP contribution in [0.25, 0.3) is 0 Å². The minimum absolute atomic E-state index is 0.126. The van der Waals surface area contributed by atoms with Gasteiger partial charge in [-0.25, -0.2) is 0 Å². The molecule has 3 atom stereocenters. The van der Waals surface area contributed by atoms with Gasteiger partial charge >= 0.3 is 5.97 Å². The van der Waals surface area contributed by atoms with Crippen molar-refractivity contribution in [3.05, 3.63) is 0 Å². The average Bonchev–Trinajstić information content (AvgIpc) is 3.05. The highest BCUT2D eigenvalue weighted by molar-refractivity contribution is 5.81. The lowest BCUT2D eigenvalue weighted by molar-refractivity contribution is -0.148. The molecule has 1 aliphatic carbocycles. The minimum atomic E-state index is -0.560. The van der Waals surface area contributed by atoms with Gasteiger partial charge in [0.05, 0.1) is 25.9 Å². The molecule has 0 spiro atoms. The van der Waals surface area contributed by atoms with Gasteiger partial charge in [-0.2, -0.15) is 0 Å². The van der Waals surface area contributed by atoms with Crippen LogP contribution in [0.5, 0.6) is 0 Å². The SMILES string of the molecule is CNC1(C(=O)OC)CCC(OCC2CCCO2)C1. The van der Waals surface area contributed by atoms with Gasteiger partial charge in [-0.1, -0.05) is 0 Å². The topological polar surface area (TPSA) is 56.8 Å². The monoisotopic (exact) mass is 257 g/mol. The zero-order chi connectivity index (χ0) is 13.0. The number of rotatable bonds is 5. The van der Waals surface area contributed by atoms with Crippen LogP contribution < -0.4 is 5.32 Å². The van der Waals surface area contributed by atoms with Crippen molar-refractivity contribution in [1.82, 2.24) is 5.32 Å². The molecule has 2 aliphatic rings. The van der Waals surface area contributed by atoms with E-state index in [0.717, 1.165) is 32.3 Å². The molecule has 18 heavy (non-hydrogen) atoms. The Bertz CT molecular complexity index is 291. The number of nitrogens with one attached hydrogen (secondary N) is 1. The summed E-state index contributed by atoms with van der Waals surface area (Å²) in [6.07, 6.45) is 4.92. The van der Waals surface area contributed by atoms with Gasteiger partial charge in [0.15, 0.2) is 0 Å². The number of likely N-dealkylation sites (N-methyl/N-ethyl adjacent to an activating group) is 1. The fourth-order valence-electron chi connectivity index (χ4n) is 2.87. The molecule has 0 aromatic rings. The molecule has 0 radical (unpaired) electrons. The molecule has 0 aromatic carbocycles. The molecule has 0 aromatic heterocycles. The van der Waals surface area contributed by atoms with Crippen LogP contribution in [-0.2, 0) is 19.0 Å². The molecule has 2 fully saturated rings. The second-order valence-corrected chi connectivity index (χ2v) is 5.16. The molecule has 1 saturated carbocycles. The van der Waals surface area contributed by atoms with Gasteiger partial charge in [-0.05, 0) is 32.7 Å². The first-order valence-electron chi connectivity index (χ1n) is 6.71. The minimum Gasteiger partial charge on any atom is -0.468 e. The Hall–Kier alpha value is -0.650. The molecule has 3 unspecified atom stereocenters. The van der Waals surface area contributed by atoms with E-state index in [0.29, 0.717) is 13.0 Å². The van der Waals surface area contributed by atoms with E-state index in [1.54, 1.807) is 7.05 Å². The number of carbonyl (C=O) groups is 1. The fraction of sp³-hybridized carbons (Fsp3) is 0.923. The molecule has 1 heterocycles. The number of esters is 1. The normalized spacial score (nSPS) is 35.9.